The highest BCUT2D eigenvalue weighted by Crippen LogP contribution is 2.28. The Morgan fingerprint density at radius 2 is 1.67 bits per heavy atom. The minimum absolute atomic E-state index is 0.636. The molecule has 2 nitrogen and oxygen atoms in total. The van der Waals surface area contributed by atoms with E-state index in [2.05, 4.69) is 35.0 Å². The Balaban J connectivity index is 2.09. The molecule has 2 N–H and O–H groups in total. The Kier molecular flexibility index (Phi) is 4.20. The first-order valence-corrected chi connectivity index (χ1v) is 7.66. The van der Waals surface area contributed by atoms with Crippen LogP contribution in [0.1, 0.15) is 11.1 Å². The minimum Gasteiger partial charge on any atom is -0.343 e. The van der Waals surface area contributed by atoms with Crippen molar-refractivity contribution in [2.75, 3.05) is 6.54 Å². The van der Waals surface area contributed by atoms with E-state index in [1.807, 2.05) is 18.2 Å². The summed E-state index contributed by atoms with van der Waals surface area (Å²) in [6.45, 7) is 1.29. The van der Waals surface area contributed by atoms with Gasteiger partial charge in [-0.3, -0.25) is 0 Å². The quantitative estimate of drug-likeness (QED) is 0.754. The van der Waals surface area contributed by atoms with Crippen LogP contribution >= 0.6 is 23.2 Å². The third-order valence-electron chi connectivity index (χ3n) is 3.68. The van der Waals surface area contributed by atoms with Crippen LogP contribution in [0.25, 0.3) is 10.9 Å². The maximum Gasteiger partial charge on any atom is 0.0516 e. The molecular formula is C17H16Cl2N2. The van der Waals surface area contributed by atoms with Crippen molar-refractivity contribution in [1.29, 1.82) is 0 Å². The second kappa shape index (κ2) is 6.10. The van der Waals surface area contributed by atoms with Crippen LogP contribution in [0.5, 0.6) is 0 Å². The van der Waals surface area contributed by atoms with Gasteiger partial charge in [-0.1, -0.05) is 47.5 Å². The zero-order valence-electron chi connectivity index (χ0n) is 11.5. The topological polar surface area (TPSA) is 30.9 Å². The summed E-state index contributed by atoms with van der Waals surface area (Å²) in [5, 5.41) is 2.60. The Hall–Kier alpha value is -1.48. The van der Waals surface area contributed by atoms with Gasteiger partial charge in [0, 0.05) is 21.8 Å². The molecule has 4 heteroatoms. The zero-order chi connectivity index (χ0) is 14.8. The first-order chi connectivity index (χ1) is 10.2. The number of aromatic nitrogens is 1. The van der Waals surface area contributed by atoms with Crippen molar-refractivity contribution in [2.45, 2.75) is 13.0 Å². The van der Waals surface area contributed by atoms with E-state index in [4.69, 9.17) is 28.9 Å². The Bertz CT molecular complexity index is 757. The predicted octanol–water partition coefficient (Wildman–Crippen LogP) is 4.50. The van der Waals surface area contributed by atoms with Crippen LogP contribution in [0.15, 0.2) is 48.7 Å². The summed E-state index contributed by atoms with van der Waals surface area (Å²) in [4.78, 5) is 0. The molecule has 3 aromatic rings. The molecule has 0 spiro atoms. The van der Waals surface area contributed by atoms with Gasteiger partial charge in [-0.2, -0.15) is 0 Å². The van der Waals surface area contributed by atoms with E-state index >= 15 is 0 Å². The van der Waals surface area contributed by atoms with E-state index in [0.717, 1.165) is 12.0 Å². The van der Waals surface area contributed by atoms with E-state index in [9.17, 15) is 0 Å². The molecule has 21 heavy (non-hydrogen) atoms. The molecule has 3 rings (SSSR count). The summed E-state index contributed by atoms with van der Waals surface area (Å²) < 4.78 is 2.19. The molecule has 0 amide bonds. The van der Waals surface area contributed by atoms with E-state index in [-0.39, 0.29) is 0 Å². The molecule has 0 saturated heterocycles. The van der Waals surface area contributed by atoms with E-state index in [1.165, 1.54) is 16.5 Å². The smallest absolute Gasteiger partial charge is 0.0516 e. The number of rotatable bonds is 4. The monoisotopic (exact) mass is 318 g/mol. The van der Waals surface area contributed by atoms with E-state index in [0.29, 0.717) is 23.1 Å². The van der Waals surface area contributed by atoms with Crippen molar-refractivity contribution in [2.24, 2.45) is 5.73 Å². The van der Waals surface area contributed by atoms with Crippen molar-refractivity contribution >= 4 is 34.1 Å². The third-order valence-corrected chi connectivity index (χ3v) is 4.38. The second-order valence-corrected chi connectivity index (χ2v) is 5.85. The number of hydrogen-bond donors (Lipinski definition) is 1. The lowest BCUT2D eigenvalue weighted by Crippen LogP contribution is -2.06. The molecule has 108 valence electrons. The van der Waals surface area contributed by atoms with E-state index < -0.39 is 0 Å². The Labute approximate surface area is 134 Å². The molecule has 0 aliphatic rings. The molecule has 1 heterocycles. The molecular weight excluding hydrogens is 303 g/mol. The summed E-state index contributed by atoms with van der Waals surface area (Å²) in [5.74, 6) is 0. The van der Waals surface area contributed by atoms with Gasteiger partial charge >= 0.3 is 0 Å². The first kappa shape index (κ1) is 14.5. The molecule has 0 aliphatic carbocycles. The van der Waals surface area contributed by atoms with Gasteiger partial charge in [-0.15, -0.1) is 0 Å². The molecule has 1 aromatic heterocycles. The SMILES string of the molecule is NCCc1cccc2ccn(Cc3c(Cl)cccc3Cl)c12. The number of halogens is 2. The highest BCUT2D eigenvalue weighted by atomic mass is 35.5. The van der Waals surface area contributed by atoms with Crippen molar-refractivity contribution in [3.63, 3.8) is 0 Å². The molecule has 0 aliphatic heterocycles. The van der Waals surface area contributed by atoms with Crippen molar-refractivity contribution in [1.82, 2.24) is 4.57 Å². The largest absolute Gasteiger partial charge is 0.343 e. The number of nitrogens with zero attached hydrogens (tertiary/aromatic N) is 1. The summed E-state index contributed by atoms with van der Waals surface area (Å²) in [6.07, 6.45) is 2.93. The summed E-state index contributed by atoms with van der Waals surface area (Å²) in [6, 6.07) is 14.0. The van der Waals surface area contributed by atoms with Gasteiger partial charge in [0.1, 0.15) is 0 Å². The maximum absolute atomic E-state index is 6.28. The summed E-state index contributed by atoms with van der Waals surface area (Å²) >= 11 is 12.6. The lowest BCUT2D eigenvalue weighted by atomic mass is 10.1. The fraction of sp³-hybridized carbons (Fsp3) is 0.176. The van der Waals surface area contributed by atoms with Crippen LogP contribution in [-0.2, 0) is 13.0 Å². The molecule has 0 atom stereocenters. The van der Waals surface area contributed by atoms with E-state index in [1.54, 1.807) is 0 Å². The van der Waals surface area contributed by atoms with Gasteiger partial charge in [-0.05, 0) is 42.1 Å². The number of hydrogen-bond acceptors (Lipinski definition) is 1. The highest BCUT2D eigenvalue weighted by Gasteiger charge is 2.10. The summed E-state index contributed by atoms with van der Waals surface area (Å²) in [7, 11) is 0. The van der Waals surface area contributed by atoms with Crippen LogP contribution in [-0.4, -0.2) is 11.1 Å². The average Bonchev–Trinajstić information content (AvgIpc) is 2.88. The Morgan fingerprint density at radius 3 is 2.38 bits per heavy atom. The van der Waals surface area contributed by atoms with Gasteiger partial charge in [0.05, 0.1) is 12.1 Å². The van der Waals surface area contributed by atoms with Gasteiger partial charge in [0.25, 0.3) is 0 Å². The van der Waals surface area contributed by atoms with Crippen molar-refractivity contribution in [3.05, 3.63) is 69.8 Å². The lowest BCUT2D eigenvalue weighted by molar-refractivity contribution is 0.828. The first-order valence-electron chi connectivity index (χ1n) is 6.90. The predicted molar refractivity (Wildman–Crippen MR) is 90.3 cm³/mol. The van der Waals surface area contributed by atoms with Crippen LogP contribution in [0.2, 0.25) is 10.0 Å². The number of para-hydroxylation sites is 1. The van der Waals surface area contributed by atoms with Gasteiger partial charge in [0.2, 0.25) is 0 Å². The molecule has 0 saturated carbocycles. The van der Waals surface area contributed by atoms with Crippen LogP contribution in [0, 0.1) is 0 Å². The molecule has 0 fully saturated rings. The third kappa shape index (κ3) is 2.80. The van der Waals surface area contributed by atoms with Gasteiger partial charge in [-0.25, -0.2) is 0 Å². The fourth-order valence-electron chi connectivity index (χ4n) is 2.68. The molecule has 0 bridgehead atoms. The maximum atomic E-state index is 6.28. The lowest BCUT2D eigenvalue weighted by Gasteiger charge is -2.12. The zero-order valence-corrected chi connectivity index (χ0v) is 13.0. The van der Waals surface area contributed by atoms with Gasteiger partial charge < -0.3 is 10.3 Å². The number of nitrogens with two attached hydrogens (primary N) is 1. The highest BCUT2D eigenvalue weighted by molar-refractivity contribution is 6.36. The summed E-state index contributed by atoms with van der Waals surface area (Å²) in [5.41, 5.74) is 9.13. The molecule has 0 radical (unpaired) electrons. The average molecular weight is 319 g/mol. The van der Waals surface area contributed by atoms with Crippen molar-refractivity contribution < 1.29 is 0 Å². The standard InChI is InChI=1S/C17H16Cl2N2/c18-15-5-2-6-16(19)14(15)11-21-10-8-13-4-1-3-12(7-9-20)17(13)21/h1-6,8,10H,7,9,11,20H2. The second-order valence-electron chi connectivity index (χ2n) is 5.04. The Morgan fingerprint density at radius 1 is 0.952 bits per heavy atom. The molecule has 2 aromatic carbocycles. The molecule has 0 unspecified atom stereocenters. The number of benzene rings is 2. The fourth-order valence-corrected chi connectivity index (χ4v) is 3.20. The van der Waals surface area contributed by atoms with Crippen LogP contribution in [0.4, 0.5) is 0 Å². The minimum atomic E-state index is 0.636. The van der Waals surface area contributed by atoms with Crippen LogP contribution < -0.4 is 5.73 Å². The van der Waals surface area contributed by atoms with Crippen molar-refractivity contribution in [3.8, 4) is 0 Å². The van der Waals surface area contributed by atoms with Crippen LogP contribution in [0.3, 0.4) is 0 Å². The number of fused-ring (bicyclic) bond motifs is 1. The van der Waals surface area contributed by atoms with Gasteiger partial charge in [0.15, 0.2) is 0 Å². The normalized spacial score (nSPS) is 11.2.